The summed E-state index contributed by atoms with van der Waals surface area (Å²) in [5, 5.41) is 2.64. The molecule has 158 valence electrons. The van der Waals surface area contributed by atoms with Crippen LogP contribution in [0.1, 0.15) is 38.5 Å². The molecule has 1 N–H and O–H groups in total. The number of benzene rings is 1. The SMILES string of the molecule is O=C1COc2ccc(S(=O)(=O)N3CCC[C@H](C(=O)N4CCCCCC4)C3)cc2N1. The van der Waals surface area contributed by atoms with Crippen molar-refractivity contribution in [2.45, 2.75) is 43.4 Å². The van der Waals surface area contributed by atoms with Gasteiger partial charge < -0.3 is 15.0 Å². The number of nitrogens with zero attached hydrogens (tertiary/aromatic N) is 2. The second kappa shape index (κ2) is 8.31. The quantitative estimate of drug-likeness (QED) is 0.803. The Balaban J connectivity index is 1.50. The molecule has 1 aromatic carbocycles. The van der Waals surface area contributed by atoms with Crippen LogP contribution in [0.25, 0.3) is 0 Å². The largest absolute Gasteiger partial charge is 0.482 e. The van der Waals surface area contributed by atoms with Gasteiger partial charge in [0.1, 0.15) is 5.75 Å². The van der Waals surface area contributed by atoms with E-state index in [1.807, 2.05) is 4.90 Å². The lowest BCUT2D eigenvalue weighted by Crippen LogP contribution is -2.47. The molecule has 1 atom stereocenters. The summed E-state index contributed by atoms with van der Waals surface area (Å²) in [4.78, 5) is 26.5. The van der Waals surface area contributed by atoms with Gasteiger partial charge in [0.2, 0.25) is 15.9 Å². The van der Waals surface area contributed by atoms with Gasteiger partial charge in [-0.15, -0.1) is 0 Å². The number of hydrogen-bond donors (Lipinski definition) is 1. The van der Waals surface area contributed by atoms with E-state index in [1.54, 1.807) is 6.07 Å². The minimum absolute atomic E-state index is 0.0779. The van der Waals surface area contributed by atoms with E-state index in [4.69, 9.17) is 4.74 Å². The first-order chi connectivity index (χ1) is 13.9. The third-order valence-electron chi connectivity index (χ3n) is 5.87. The van der Waals surface area contributed by atoms with Gasteiger partial charge in [0.15, 0.2) is 6.61 Å². The Kier molecular flexibility index (Phi) is 5.78. The minimum Gasteiger partial charge on any atom is -0.482 e. The standard InChI is InChI=1S/C20H27N3O5S/c24-19-14-28-18-8-7-16(12-17(18)21-19)29(26,27)23-11-5-6-15(13-23)20(25)22-9-3-1-2-4-10-22/h7-8,12,15H,1-6,9-11,13-14H2,(H,21,24)/t15-/m0/s1. The highest BCUT2D eigenvalue weighted by molar-refractivity contribution is 7.89. The van der Waals surface area contributed by atoms with E-state index < -0.39 is 10.0 Å². The summed E-state index contributed by atoms with van der Waals surface area (Å²) in [6.45, 7) is 2.06. The molecule has 0 aliphatic carbocycles. The van der Waals surface area contributed by atoms with Crippen molar-refractivity contribution in [1.29, 1.82) is 0 Å². The van der Waals surface area contributed by atoms with Gasteiger partial charge in [0.25, 0.3) is 5.91 Å². The van der Waals surface area contributed by atoms with E-state index in [1.165, 1.54) is 16.4 Å². The number of piperidine rings is 1. The van der Waals surface area contributed by atoms with Crippen molar-refractivity contribution < 1.29 is 22.7 Å². The van der Waals surface area contributed by atoms with Gasteiger partial charge in [-0.3, -0.25) is 9.59 Å². The third-order valence-corrected chi connectivity index (χ3v) is 7.73. The van der Waals surface area contributed by atoms with Gasteiger partial charge in [-0.1, -0.05) is 12.8 Å². The zero-order valence-corrected chi connectivity index (χ0v) is 17.2. The van der Waals surface area contributed by atoms with Crippen molar-refractivity contribution in [2.24, 2.45) is 5.92 Å². The summed E-state index contributed by atoms with van der Waals surface area (Å²) in [7, 11) is -3.76. The number of sulfonamides is 1. The fourth-order valence-electron chi connectivity index (χ4n) is 4.28. The summed E-state index contributed by atoms with van der Waals surface area (Å²) in [5.41, 5.74) is 0.358. The van der Waals surface area contributed by atoms with Crippen LogP contribution < -0.4 is 10.1 Å². The molecule has 3 heterocycles. The molecule has 0 unspecified atom stereocenters. The Hall–Kier alpha value is -2.13. The van der Waals surface area contributed by atoms with Crippen LogP contribution in [0.2, 0.25) is 0 Å². The summed E-state index contributed by atoms with van der Waals surface area (Å²) < 4.78 is 33.1. The van der Waals surface area contributed by atoms with Crippen molar-refractivity contribution in [2.75, 3.05) is 38.1 Å². The zero-order chi connectivity index (χ0) is 20.4. The number of hydrogen-bond acceptors (Lipinski definition) is 5. The van der Waals surface area contributed by atoms with E-state index >= 15 is 0 Å². The molecule has 4 rings (SSSR count). The molecule has 3 aliphatic rings. The van der Waals surface area contributed by atoms with Crippen molar-refractivity contribution in [3.05, 3.63) is 18.2 Å². The molecule has 0 spiro atoms. The molecule has 8 nitrogen and oxygen atoms in total. The van der Waals surface area contributed by atoms with Crippen molar-refractivity contribution >= 4 is 27.5 Å². The van der Waals surface area contributed by atoms with Crippen LogP contribution in [0, 0.1) is 5.92 Å². The first kappa shape index (κ1) is 20.2. The second-order valence-electron chi connectivity index (χ2n) is 7.94. The van der Waals surface area contributed by atoms with Crippen LogP contribution in [0.3, 0.4) is 0 Å². The molecule has 0 bridgehead atoms. The lowest BCUT2D eigenvalue weighted by atomic mass is 9.98. The summed E-state index contributed by atoms with van der Waals surface area (Å²) >= 11 is 0. The Morgan fingerprint density at radius 1 is 1.07 bits per heavy atom. The average molecular weight is 422 g/mol. The van der Waals surface area contributed by atoms with Crippen LogP contribution in [-0.2, 0) is 19.6 Å². The molecule has 29 heavy (non-hydrogen) atoms. The molecule has 0 radical (unpaired) electrons. The van der Waals surface area contributed by atoms with Crippen LogP contribution >= 0.6 is 0 Å². The Morgan fingerprint density at radius 3 is 2.59 bits per heavy atom. The fraction of sp³-hybridized carbons (Fsp3) is 0.600. The Morgan fingerprint density at radius 2 is 1.83 bits per heavy atom. The van der Waals surface area contributed by atoms with Crippen LogP contribution in [0.4, 0.5) is 5.69 Å². The van der Waals surface area contributed by atoms with Crippen molar-refractivity contribution in [3.63, 3.8) is 0 Å². The number of rotatable bonds is 3. The molecule has 2 saturated heterocycles. The number of amides is 2. The first-order valence-corrected chi connectivity index (χ1v) is 11.7. The summed E-state index contributed by atoms with van der Waals surface area (Å²) in [6, 6.07) is 4.49. The number of carbonyl (C=O) groups is 2. The summed E-state index contributed by atoms with van der Waals surface area (Å²) in [5.74, 6) is -0.0697. The smallest absolute Gasteiger partial charge is 0.262 e. The monoisotopic (exact) mass is 421 g/mol. The fourth-order valence-corrected chi connectivity index (χ4v) is 5.83. The van der Waals surface area contributed by atoms with Gasteiger partial charge in [0.05, 0.1) is 16.5 Å². The van der Waals surface area contributed by atoms with Crippen LogP contribution in [0.5, 0.6) is 5.75 Å². The normalized spacial score (nSPS) is 23.5. The Bertz CT molecular complexity index is 893. The Labute approximate surface area is 171 Å². The predicted octanol–water partition coefficient (Wildman–Crippen LogP) is 1.82. The lowest BCUT2D eigenvalue weighted by Gasteiger charge is -2.34. The van der Waals surface area contributed by atoms with Crippen molar-refractivity contribution in [1.82, 2.24) is 9.21 Å². The molecule has 3 aliphatic heterocycles. The van der Waals surface area contributed by atoms with Gasteiger partial charge >= 0.3 is 0 Å². The molecule has 2 amide bonds. The van der Waals surface area contributed by atoms with Gasteiger partial charge in [-0.05, 0) is 43.9 Å². The van der Waals surface area contributed by atoms with E-state index in [9.17, 15) is 18.0 Å². The van der Waals surface area contributed by atoms with Gasteiger partial charge in [-0.2, -0.15) is 4.31 Å². The van der Waals surface area contributed by atoms with E-state index in [0.717, 1.165) is 45.2 Å². The maximum atomic E-state index is 13.2. The molecule has 1 aromatic rings. The van der Waals surface area contributed by atoms with Gasteiger partial charge in [-0.25, -0.2) is 8.42 Å². The molecular formula is C20H27N3O5S. The molecule has 0 saturated carbocycles. The van der Waals surface area contributed by atoms with E-state index in [2.05, 4.69) is 5.32 Å². The highest BCUT2D eigenvalue weighted by Gasteiger charge is 2.35. The highest BCUT2D eigenvalue weighted by Crippen LogP contribution is 2.32. The molecule has 0 aromatic heterocycles. The lowest BCUT2D eigenvalue weighted by molar-refractivity contribution is -0.136. The third kappa shape index (κ3) is 4.25. The minimum atomic E-state index is -3.76. The average Bonchev–Trinajstić information content (AvgIpc) is 3.02. The maximum absolute atomic E-state index is 13.2. The summed E-state index contributed by atoms with van der Waals surface area (Å²) in [6.07, 6.45) is 5.71. The zero-order valence-electron chi connectivity index (χ0n) is 16.4. The maximum Gasteiger partial charge on any atom is 0.262 e. The molecule has 2 fully saturated rings. The topological polar surface area (TPSA) is 96.0 Å². The number of likely N-dealkylation sites (tertiary alicyclic amines) is 1. The number of carbonyl (C=O) groups excluding carboxylic acids is 2. The highest BCUT2D eigenvalue weighted by atomic mass is 32.2. The van der Waals surface area contributed by atoms with Crippen molar-refractivity contribution in [3.8, 4) is 5.75 Å². The van der Waals surface area contributed by atoms with Crippen LogP contribution in [0.15, 0.2) is 23.1 Å². The number of fused-ring (bicyclic) bond motifs is 1. The van der Waals surface area contributed by atoms with E-state index in [-0.39, 0.29) is 35.8 Å². The molecular weight excluding hydrogens is 394 g/mol. The second-order valence-corrected chi connectivity index (χ2v) is 9.87. The van der Waals surface area contributed by atoms with Crippen LogP contribution in [-0.4, -0.2) is 62.2 Å². The number of ether oxygens (including phenoxy) is 1. The number of anilines is 1. The first-order valence-electron chi connectivity index (χ1n) is 10.3. The molecule has 9 heteroatoms. The number of nitrogens with one attached hydrogen (secondary N) is 1. The van der Waals surface area contributed by atoms with E-state index in [0.29, 0.717) is 24.4 Å². The van der Waals surface area contributed by atoms with Gasteiger partial charge in [0, 0.05) is 26.2 Å². The predicted molar refractivity (Wildman–Crippen MR) is 107 cm³/mol.